The van der Waals surface area contributed by atoms with E-state index >= 15 is 0 Å². The molecule has 3 aliphatic rings. The van der Waals surface area contributed by atoms with Gasteiger partial charge >= 0.3 is 15.6 Å². The van der Waals surface area contributed by atoms with E-state index in [-0.39, 0.29) is 28.9 Å². The van der Waals surface area contributed by atoms with E-state index in [1.54, 1.807) is 13.2 Å². The van der Waals surface area contributed by atoms with Gasteiger partial charge in [0.1, 0.15) is 12.0 Å². The number of rotatable bonds is 7. The van der Waals surface area contributed by atoms with Crippen molar-refractivity contribution in [1.29, 1.82) is 0 Å². The van der Waals surface area contributed by atoms with Gasteiger partial charge in [0.05, 0.1) is 0 Å². The molecule has 0 N–H and O–H groups in total. The Morgan fingerprint density at radius 2 is 1.90 bits per heavy atom. The van der Waals surface area contributed by atoms with Crippen LogP contribution >= 0.6 is 0 Å². The van der Waals surface area contributed by atoms with E-state index in [4.69, 9.17) is 4.74 Å². The van der Waals surface area contributed by atoms with Crippen LogP contribution in [-0.4, -0.2) is 33.9 Å². The van der Waals surface area contributed by atoms with Crippen LogP contribution < -0.4 is 0 Å². The van der Waals surface area contributed by atoms with E-state index in [9.17, 15) is 26.4 Å². The molecule has 5 nitrogen and oxygen atoms in total. The summed E-state index contributed by atoms with van der Waals surface area (Å²) in [6.07, 6.45) is 7.46. The molecule has 6 unspecified atom stereocenters. The van der Waals surface area contributed by atoms with E-state index in [0.717, 1.165) is 32.0 Å². The number of methoxy groups -OCH3 is 1. The smallest absolute Gasteiger partial charge is 0.385 e. The molecule has 0 heterocycles. The van der Waals surface area contributed by atoms with Crippen LogP contribution in [0.2, 0.25) is 0 Å². The number of alkyl halides is 3. The third kappa shape index (κ3) is 3.80. The number of carbonyl (C=O) groups excluding carboxylic acids is 1. The predicted molar refractivity (Wildman–Crippen MR) is 105 cm³/mol. The lowest BCUT2D eigenvalue weighted by atomic mass is 9.46. The average Bonchev–Trinajstić information content (AvgIpc) is 2.98. The molecule has 0 aromatic carbocycles. The highest BCUT2D eigenvalue weighted by molar-refractivity contribution is 7.87. The second-order valence-corrected chi connectivity index (χ2v) is 11.1. The lowest BCUT2D eigenvalue weighted by molar-refractivity contribution is -0.119. The first kappa shape index (κ1) is 23.6. The minimum absolute atomic E-state index is 0.0359. The average molecular weight is 453 g/mol. The number of allylic oxidation sites excluding steroid dienone is 2. The number of ether oxygens (including phenoxy) is 1. The maximum absolute atomic E-state index is 12.9. The molecule has 3 aliphatic carbocycles. The lowest BCUT2D eigenvalue weighted by Crippen LogP contribution is -2.52. The van der Waals surface area contributed by atoms with Gasteiger partial charge in [-0.25, -0.2) is 0 Å². The van der Waals surface area contributed by atoms with Crippen molar-refractivity contribution >= 4 is 16.4 Å². The van der Waals surface area contributed by atoms with Crippen molar-refractivity contribution in [2.45, 2.75) is 64.3 Å². The van der Waals surface area contributed by atoms with Gasteiger partial charge in [-0.3, -0.25) is 0 Å². The molecule has 172 valence electrons. The van der Waals surface area contributed by atoms with E-state index in [1.165, 1.54) is 0 Å². The highest BCUT2D eigenvalue weighted by Crippen LogP contribution is 2.65. The molecule has 0 spiro atoms. The van der Waals surface area contributed by atoms with Gasteiger partial charge in [0.25, 0.3) is 0 Å². The Bertz CT molecular complexity index is 793. The van der Waals surface area contributed by atoms with Crippen LogP contribution in [0.25, 0.3) is 0 Å². The summed E-state index contributed by atoms with van der Waals surface area (Å²) in [5.74, 6) is 0.799. The normalized spacial score (nSPS) is 39.1. The maximum atomic E-state index is 12.9. The number of aldehydes is 1. The number of fused-ring (bicyclic) bond motifs is 3. The molecule has 9 heteroatoms. The molecule has 0 saturated heterocycles. The van der Waals surface area contributed by atoms with E-state index in [1.807, 2.05) is 6.92 Å². The molecule has 30 heavy (non-hydrogen) atoms. The maximum Gasteiger partial charge on any atom is 0.534 e. The molecular formula is C21H31F3O5S. The zero-order valence-electron chi connectivity index (χ0n) is 17.7. The largest absolute Gasteiger partial charge is 0.534 e. The fraction of sp³-hybridized carbons (Fsp3) is 0.857. The van der Waals surface area contributed by atoms with Crippen molar-refractivity contribution < 1.29 is 35.3 Å². The number of carbonyl (C=O) groups is 1. The Hall–Kier alpha value is -1.09. The van der Waals surface area contributed by atoms with Gasteiger partial charge in [0.15, 0.2) is 0 Å². The minimum Gasteiger partial charge on any atom is -0.385 e. The van der Waals surface area contributed by atoms with Crippen molar-refractivity contribution in [3.05, 3.63) is 11.8 Å². The number of hydrogen-bond donors (Lipinski definition) is 0. The zero-order valence-corrected chi connectivity index (χ0v) is 18.5. The third-order valence-electron chi connectivity index (χ3n) is 8.28. The monoisotopic (exact) mass is 452 g/mol. The summed E-state index contributed by atoms with van der Waals surface area (Å²) in [5, 5.41) is 0. The second-order valence-electron chi connectivity index (χ2n) is 9.55. The standard InChI is InChI=1S/C21H31F3O5S/c1-19(11-13-28-3)14(9-12-25)4-5-15-16-6-7-18(20(16,2)10-8-17(15)19)29-30(26,27)21(22,23)24/h7,12,14-17H,4-6,8-11,13H2,1-3H3. The van der Waals surface area contributed by atoms with Gasteiger partial charge in [-0.05, 0) is 73.7 Å². The van der Waals surface area contributed by atoms with Crippen molar-refractivity contribution in [2.24, 2.45) is 34.5 Å². The van der Waals surface area contributed by atoms with Crippen LogP contribution in [0.3, 0.4) is 0 Å². The Morgan fingerprint density at radius 3 is 2.50 bits per heavy atom. The SMILES string of the molecule is COCCC1(C)C(CC=O)CCC2C3CC=C(OS(=O)(=O)C(F)(F)F)C3(C)CCC21. The highest BCUT2D eigenvalue weighted by atomic mass is 32.2. The van der Waals surface area contributed by atoms with Gasteiger partial charge < -0.3 is 13.7 Å². The van der Waals surface area contributed by atoms with Gasteiger partial charge in [-0.1, -0.05) is 13.8 Å². The minimum atomic E-state index is -5.67. The molecule has 0 bridgehead atoms. The first-order valence-electron chi connectivity index (χ1n) is 10.5. The molecule has 3 rings (SSSR count). The lowest BCUT2D eigenvalue weighted by Gasteiger charge is -2.58. The van der Waals surface area contributed by atoms with Crippen LogP contribution in [0.5, 0.6) is 0 Å². The molecule has 0 amide bonds. The number of hydrogen-bond acceptors (Lipinski definition) is 5. The van der Waals surface area contributed by atoms with Crippen molar-refractivity contribution in [1.82, 2.24) is 0 Å². The van der Waals surface area contributed by atoms with E-state index in [0.29, 0.717) is 31.8 Å². The Morgan fingerprint density at radius 1 is 1.20 bits per heavy atom. The van der Waals surface area contributed by atoms with Crippen LogP contribution in [0.1, 0.15) is 58.8 Å². The predicted octanol–water partition coefficient (Wildman–Crippen LogP) is 4.83. The van der Waals surface area contributed by atoms with Crippen LogP contribution in [0.15, 0.2) is 11.8 Å². The van der Waals surface area contributed by atoms with Gasteiger partial charge in [-0.15, -0.1) is 0 Å². The fourth-order valence-electron chi connectivity index (χ4n) is 6.57. The first-order valence-corrected chi connectivity index (χ1v) is 12.0. The van der Waals surface area contributed by atoms with Crippen LogP contribution in [-0.2, 0) is 23.8 Å². The van der Waals surface area contributed by atoms with Crippen LogP contribution in [0, 0.1) is 34.5 Å². The third-order valence-corrected chi connectivity index (χ3v) is 9.25. The molecule has 0 aliphatic heterocycles. The van der Waals surface area contributed by atoms with Crippen molar-refractivity contribution in [2.75, 3.05) is 13.7 Å². The second kappa shape index (κ2) is 8.11. The summed E-state index contributed by atoms with van der Waals surface area (Å²) >= 11 is 0. The molecule has 0 aromatic rings. The topological polar surface area (TPSA) is 69.7 Å². The van der Waals surface area contributed by atoms with Crippen LogP contribution in [0.4, 0.5) is 13.2 Å². The summed E-state index contributed by atoms with van der Waals surface area (Å²) in [5.41, 5.74) is -6.26. The summed E-state index contributed by atoms with van der Waals surface area (Å²) in [7, 11) is -4.02. The van der Waals surface area contributed by atoms with Gasteiger partial charge in [0.2, 0.25) is 0 Å². The zero-order chi connectivity index (χ0) is 22.4. The summed E-state index contributed by atoms with van der Waals surface area (Å²) in [6.45, 7) is 4.64. The first-order chi connectivity index (χ1) is 13.9. The van der Waals surface area contributed by atoms with Gasteiger partial charge in [-0.2, -0.15) is 21.6 Å². The molecule has 0 radical (unpaired) electrons. The summed E-state index contributed by atoms with van der Waals surface area (Å²) < 4.78 is 71.8. The summed E-state index contributed by atoms with van der Waals surface area (Å²) in [6, 6.07) is 0. The molecular weight excluding hydrogens is 421 g/mol. The fourth-order valence-corrected chi connectivity index (χ4v) is 7.16. The Balaban J connectivity index is 1.85. The molecule has 2 saturated carbocycles. The Kier molecular flexibility index (Phi) is 6.37. The van der Waals surface area contributed by atoms with Crippen molar-refractivity contribution in [3.8, 4) is 0 Å². The van der Waals surface area contributed by atoms with E-state index < -0.39 is 21.0 Å². The molecule has 6 atom stereocenters. The summed E-state index contributed by atoms with van der Waals surface area (Å²) in [4.78, 5) is 11.3. The highest BCUT2D eigenvalue weighted by Gasteiger charge is 2.60. The van der Waals surface area contributed by atoms with Crippen molar-refractivity contribution in [3.63, 3.8) is 0 Å². The molecule has 2 fully saturated rings. The Labute approximate surface area is 176 Å². The quantitative estimate of drug-likeness (QED) is 0.314. The van der Waals surface area contributed by atoms with E-state index in [2.05, 4.69) is 11.1 Å². The molecule has 0 aromatic heterocycles. The van der Waals surface area contributed by atoms with Gasteiger partial charge in [0, 0.05) is 25.6 Å². The number of halogens is 3.